The van der Waals surface area contributed by atoms with E-state index in [4.69, 9.17) is 9.47 Å². The fraction of sp³-hybridized carbons (Fsp3) is 0.600. The second kappa shape index (κ2) is 7.86. The van der Waals surface area contributed by atoms with E-state index in [9.17, 15) is 14.7 Å². The summed E-state index contributed by atoms with van der Waals surface area (Å²) in [5, 5.41) is 10.7. The molecule has 27 heavy (non-hydrogen) atoms. The molecule has 0 saturated carbocycles. The fourth-order valence-corrected chi connectivity index (χ4v) is 4.36. The summed E-state index contributed by atoms with van der Waals surface area (Å²) in [7, 11) is 4.85. The lowest BCUT2D eigenvalue weighted by molar-refractivity contribution is -0.0731. The molecule has 2 aliphatic rings. The maximum atomic E-state index is 13.2. The SMILES string of the molecule is COC(=O)c1cc(OC)cc(C(=O)N2CCC[C@]3(CN(C)CC[C@@H]3O)C2)c1. The van der Waals surface area contributed by atoms with Crippen molar-refractivity contribution >= 4 is 11.9 Å². The Labute approximate surface area is 159 Å². The van der Waals surface area contributed by atoms with Crippen molar-refractivity contribution < 1.29 is 24.2 Å². The lowest BCUT2D eigenvalue weighted by atomic mass is 9.71. The summed E-state index contributed by atoms with van der Waals surface area (Å²) in [4.78, 5) is 29.1. The molecule has 0 radical (unpaired) electrons. The summed E-state index contributed by atoms with van der Waals surface area (Å²) in [6, 6.07) is 4.74. The first-order chi connectivity index (χ1) is 12.9. The Morgan fingerprint density at radius 3 is 2.59 bits per heavy atom. The normalized spacial score (nSPS) is 26.1. The predicted molar refractivity (Wildman–Crippen MR) is 100 cm³/mol. The molecule has 0 unspecified atom stereocenters. The molecule has 148 valence electrons. The summed E-state index contributed by atoms with van der Waals surface area (Å²) in [5.74, 6) is -0.230. The van der Waals surface area contributed by atoms with Gasteiger partial charge in [0.15, 0.2) is 0 Å². The van der Waals surface area contributed by atoms with Crippen LogP contribution in [-0.4, -0.2) is 80.3 Å². The molecule has 0 bridgehead atoms. The highest BCUT2D eigenvalue weighted by Gasteiger charge is 2.45. The molecule has 1 amide bonds. The number of hydrogen-bond acceptors (Lipinski definition) is 6. The largest absolute Gasteiger partial charge is 0.497 e. The second-order valence-corrected chi connectivity index (χ2v) is 7.68. The summed E-state index contributed by atoms with van der Waals surface area (Å²) in [6.07, 6.45) is 2.09. The van der Waals surface area contributed by atoms with Crippen LogP contribution in [0.2, 0.25) is 0 Å². The highest BCUT2D eigenvalue weighted by atomic mass is 16.5. The third-order valence-electron chi connectivity index (χ3n) is 5.78. The van der Waals surface area contributed by atoms with E-state index < -0.39 is 12.1 Å². The number of amides is 1. The number of benzene rings is 1. The van der Waals surface area contributed by atoms with Crippen LogP contribution >= 0.6 is 0 Å². The van der Waals surface area contributed by atoms with Gasteiger partial charge in [-0.3, -0.25) is 4.79 Å². The van der Waals surface area contributed by atoms with Gasteiger partial charge in [-0.25, -0.2) is 4.79 Å². The van der Waals surface area contributed by atoms with Gasteiger partial charge in [-0.1, -0.05) is 0 Å². The lowest BCUT2D eigenvalue weighted by Gasteiger charge is -2.50. The first-order valence-corrected chi connectivity index (χ1v) is 9.32. The highest BCUT2D eigenvalue weighted by Crippen LogP contribution is 2.39. The van der Waals surface area contributed by atoms with Crippen molar-refractivity contribution in [2.24, 2.45) is 5.41 Å². The number of rotatable bonds is 3. The van der Waals surface area contributed by atoms with E-state index >= 15 is 0 Å². The molecule has 0 aliphatic carbocycles. The van der Waals surface area contributed by atoms with E-state index in [1.54, 1.807) is 23.1 Å². The summed E-state index contributed by atoms with van der Waals surface area (Å²) in [5.41, 5.74) is 0.389. The van der Waals surface area contributed by atoms with Crippen LogP contribution in [0.4, 0.5) is 0 Å². The number of esters is 1. The monoisotopic (exact) mass is 376 g/mol. The van der Waals surface area contributed by atoms with E-state index in [0.29, 0.717) is 24.4 Å². The number of likely N-dealkylation sites (tertiary alicyclic amines) is 2. The Morgan fingerprint density at radius 2 is 1.89 bits per heavy atom. The van der Waals surface area contributed by atoms with Crippen molar-refractivity contribution in [2.75, 3.05) is 47.4 Å². The van der Waals surface area contributed by atoms with Gasteiger partial charge < -0.3 is 24.4 Å². The van der Waals surface area contributed by atoms with Gasteiger partial charge in [0.05, 0.1) is 25.9 Å². The topological polar surface area (TPSA) is 79.3 Å². The third kappa shape index (κ3) is 3.94. The maximum absolute atomic E-state index is 13.2. The average Bonchev–Trinajstić information content (AvgIpc) is 2.69. The number of carbonyl (C=O) groups excluding carboxylic acids is 2. The standard InChI is InChI=1S/C20H28N2O5/c1-21-8-5-17(23)20(12-21)6-4-7-22(13-20)18(24)14-9-15(19(25)27-3)11-16(10-14)26-2/h9-11,17,23H,4-8,12-13H2,1-3H3/t17-,20-/m0/s1. The van der Waals surface area contributed by atoms with Gasteiger partial charge in [0.25, 0.3) is 5.91 Å². The number of aliphatic hydroxyl groups is 1. The zero-order valence-electron chi connectivity index (χ0n) is 16.2. The van der Waals surface area contributed by atoms with E-state index in [-0.39, 0.29) is 16.9 Å². The van der Waals surface area contributed by atoms with Gasteiger partial charge in [-0.05, 0) is 44.5 Å². The van der Waals surface area contributed by atoms with Crippen molar-refractivity contribution in [3.8, 4) is 5.75 Å². The van der Waals surface area contributed by atoms with Crippen molar-refractivity contribution in [2.45, 2.75) is 25.4 Å². The molecule has 2 atom stereocenters. The number of piperidine rings is 2. The van der Waals surface area contributed by atoms with Crippen LogP contribution in [0.15, 0.2) is 18.2 Å². The minimum absolute atomic E-state index is 0.154. The Hall–Kier alpha value is -2.12. The molecule has 2 saturated heterocycles. The zero-order valence-corrected chi connectivity index (χ0v) is 16.2. The van der Waals surface area contributed by atoms with E-state index in [2.05, 4.69) is 11.9 Å². The number of nitrogens with zero attached hydrogens (tertiary/aromatic N) is 2. The number of aliphatic hydroxyl groups excluding tert-OH is 1. The minimum atomic E-state index is -0.512. The molecule has 0 aromatic heterocycles. The molecule has 2 aliphatic heterocycles. The van der Waals surface area contributed by atoms with Gasteiger partial charge in [0.2, 0.25) is 0 Å². The van der Waals surface area contributed by atoms with Crippen LogP contribution in [-0.2, 0) is 4.74 Å². The van der Waals surface area contributed by atoms with Gasteiger partial charge in [0.1, 0.15) is 5.75 Å². The average molecular weight is 376 g/mol. The van der Waals surface area contributed by atoms with Gasteiger partial charge in [-0.2, -0.15) is 0 Å². The van der Waals surface area contributed by atoms with Crippen LogP contribution in [0.1, 0.15) is 40.0 Å². The Kier molecular flexibility index (Phi) is 5.72. The molecular formula is C20H28N2O5. The maximum Gasteiger partial charge on any atom is 0.338 e. The van der Waals surface area contributed by atoms with Crippen molar-refractivity contribution in [1.82, 2.24) is 9.80 Å². The van der Waals surface area contributed by atoms with Crippen LogP contribution in [0.25, 0.3) is 0 Å². The first-order valence-electron chi connectivity index (χ1n) is 9.32. The van der Waals surface area contributed by atoms with Crippen LogP contribution in [0, 0.1) is 5.41 Å². The molecule has 7 heteroatoms. The second-order valence-electron chi connectivity index (χ2n) is 7.68. The van der Waals surface area contributed by atoms with Gasteiger partial charge in [0, 0.05) is 37.2 Å². The Morgan fingerprint density at radius 1 is 1.15 bits per heavy atom. The van der Waals surface area contributed by atoms with E-state index in [1.807, 2.05) is 0 Å². The Bertz CT molecular complexity index is 722. The smallest absolute Gasteiger partial charge is 0.338 e. The predicted octanol–water partition coefficient (Wildman–Crippen LogP) is 1.40. The van der Waals surface area contributed by atoms with Crippen molar-refractivity contribution in [1.29, 1.82) is 0 Å². The third-order valence-corrected chi connectivity index (χ3v) is 5.78. The lowest BCUT2D eigenvalue weighted by Crippen LogP contribution is -2.59. The fourth-order valence-electron chi connectivity index (χ4n) is 4.36. The number of hydrogen-bond donors (Lipinski definition) is 1. The molecule has 3 rings (SSSR count). The van der Waals surface area contributed by atoms with Crippen LogP contribution in [0.3, 0.4) is 0 Å². The molecular weight excluding hydrogens is 348 g/mol. The molecule has 2 fully saturated rings. The van der Waals surface area contributed by atoms with Gasteiger partial charge in [-0.15, -0.1) is 0 Å². The summed E-state index contributed by atoms with van der Waals surface area (Å²) < 4.78 is 10.0. The highest BCUT2D eigenvalue weighted by molar-refractivity contribution is 5.98. The van der Waals surface area contributed by atoms with E-state index in [1.165, 1.54) is 14.2 Å². The van der Waals surface area contributed by atoms with Gasteiger partial charge >= 0.3 is 5.97 Å². The van der Waals surface area contributed by atoms with E-state index in [0.717, 1.165) is 32.4 Å². The van der Waals surface area contributed by atoms with Crippen molar-refractivity contribution in [3.63, 3.8) is 0 Å². The van der Waals surface area contributed by atoms with Crippen LogP contribution in [0.5, 0.6) is 5.75 Å². The summed E-state index contributed by atoms with van der Waals surface area (Å²) >= 11 is 0. The Balaban J connectivity index is 1.86. The molecule has 1 spiro atoms. The van der Waals surface area contributed by atoms with Crippen LogP contribution < -0.4 is 4.74 Å². The summed E-state index contributed by atoms with van der Waals surface area (Å²) in [6.45, 7) is 2.81. The molecule has 2 heterocycles. The van der Waals surface area contributed by atoms with Crippen molar-refractivity contribution in [3.05, 3.63) is 29.3 Å². The minimum Gasteiger partial charge on any atom is -0.497 e. The molecule has 1 aromatic carbocycles. The number of methoxy groups -OCH3 is 2. The first kappa shape index (κ1) is 19.6. The molecule has 1 aromatic rings. The molecule has 1 N–H and O–H groups in total. The zero-order chi connectivity index (χ0) is 19.6. The number of carbonyl (C=O) groups is 2. The number of ether oxygens (including phenoxy) is 2. The quantitative estimate of drug-likeness (QED) is 0.804. The molecule has 7 nitrogen and oxygen atoms in total.